The van der Waals surface area contributed by atoms with E-state index in [1.807, 2.05) is 32.0 Å². The van der Waals surface area contributed by atoms with Crippen molar-refractivity contribution in [1.29, 1.82) is 0 Å². The number of rotatable bonds is 3. The number of hydrogen-bond donors (Lipinski definition) is 0. The molecule has 1 atom stereocenters. The van der Waals surface area contributed by atoms with E-state index in [0.29, 0.717) is 0 Å². The van der Waals surface area contributed by atoms with E-state index in [1.165, 1.54) is 5.57 Å². The van der Waals surface area contributed by atoms with Crippen LogP contribution in [0.1, 0.15) is 27.7 Å². The van der Waals surface area contributed by atoms with Gasteiger partial charge in [-0.3, -0.25) is 0 Å². The maximum atomic E-state index is 5.45. The molecule has 0 N–H and O–H groups in total. The van der Waals surface area contributed by atoms with Crippen molar-refractivity contribution in [3.63, 3.8) is 0 Å². The van der Waals surface area contributed by atoms with E-state index in [1.54, 1.807) is 0 Å². The molecule has 0 aliphatic carbocycles. The van der Waals surface area contributed by atoms with Crippen LogP contribution in [0.3, 0.4) is 0 Å². The van der Waals surface area contributed by atoms with E-state index in [-0.39, 0.29) is 5.92 Å². The van der Waals surface area contributed by atoms with Gasteiger partial charge in [-0.1, -0.05) is 36.0 Å². The number of nitrogens with zero attached hydrogens (tertiary/aromatic N) is 1. The largest absolute Gasteiger partial charge is 0.344 e. The van der Waals surface area contributed by atoms with Gasteiger partial charge in [0.1, 0.15) is 0 Å². The topological polar surface area (TPSA) is 3.24 Å². The van der Waals surface area contributed by atoms with Gasteiger partial charge in [-0.25, -0.2) is 0 Å². The van der Waals surface area contributed by atoms with Gasteiger partial charge >= 0.3 is 0 Å². The van der Waals surface area contributed by atoms with Crippen LogP contribution in [-0.2, 0) is 0 Å². The molecule has 0 saturated heterocycles. The lowest BCUT2D eigenvalue weighted by molar-refractivity contribution is 0.578. The molecular weight excluding hydrogens is 242 g/mol. The SMILES string of the molecule is C#CC(C)/C=C(\C)C1=C=CN(C)C(=C)/C1=C\C(C)=C/C. The zero-order valence-electron chi connectivity index (χ0n) is 13.1. The molecular formula is C19H23N. The smallest absolute Gasteiger partial charge is 0.0472 e. The molecule has 0 radical (unpaired) electrons. The number of terminal acetylenes is 1. The van der Waals surface area contributed by atoms with E-state index >= 15 is 0 Å². The average molecular weight is 265 g/mol. The average Bonchev–Trinajstić information content (AvgIpc) is 2.43. The summed E-state index contributed by atoms with van der Waals surface area (Å²) in [5.74, 6) is 2.84. The number of hydrogen-bond acceptors (Lipinski definition) is 1. The zero-order valence-corrected chi connectivity index (χ0v) is 13.1. The normalized spacial score (nSPS) is 20.0. The Morgan fingerprint density at radius 1 is 1.50 bits per heavy atom. The first-order chi connectivity index (χ1) is 9.40. The van der Waals surface area contributed by atoms with Crippen LogP contribution in [-0.4, -0.2) is 11.9 Å². The molecule has 1 heteroatoms. The molecule has 1 aliphatic heterocycles. The van der Waals surface area contributed by atoms with Crippen LogP contribution in [0.2, 0.25) is 0 Å². The Bertz CT molecular complexity index is 596. The summed E-state index contributed by atoms with van der Waals surface area (Å²) in [6, 6.07) is 0. The van der Waals surface area contributed by atoms with Gasteiger partial charge < -0.3 is 4.90 Å². The first-order valence-electron chi connectivity index (χ1n) is 6.79. The summed E-state index contributed by atoms with van der Waals surface area (Å²) in [4.78, 5) is 1.98. The first kappa shape index (κ1) is 15.9. The van der Waals surface area contributed by atoms with Crippen molar-refractivity contribution in [2.75, 3.05) is 7.05 Å². The van der Waals surface area contributed by atoms with Crippen LogP contribution in [0.5, 0.6) is 0 Å². The van der Waals surface area contributed by atoms with Crippen LogP contribution in [0.4, 0.5) is 0 Å². The lowest BCUT2D eigenvalue weighted by Gasteiger charge is -2.25. The molecule has 0 amide bonds. The molecule has 0 fully saturated rings. The highest BCUT2D eigenvalue weighted by molar-refractivity contribution is 5.58. The van der Waals surface area contributed by atoms with E-state index in [2.05, 4.69) is 50.3 Å². The minimum Gasteiger partial charge on any atom is -0.344 e. The molecule has 0 saturated carbocycles. The Balaban J connectivity index is 3.37. The fourth-order valence-corrected chi connectivity index (χ4v) is 1.95. The third-order valence-corrected chi connectivity index (χ3v) is 3.39. The Morgan fingerprint density at radius 2 is 2.15 bits per heavy atom. The zero-order chi connectivity index (χ0) is 15.3. The van der Waals surface area contributed by atoms with Crippen molar-refractivity contribution in [1.82, 2.24) is 4.90 Å². The summed E-state index contributed by atoms with van der Waals surface area (Å²) in [7, 11) is 1.98. The fourth-order valence-electron chi connectivity index (χ4n) is 1.95. The minimum absolute atomic E-state index is 0.112. The maximum absolute atomic E-state index is 5.45. The van der Waals surface area contributed by atoms with Gasteiger partial charge in [0.05, 0.1) is 0 Å². The Hall–Kier alpha value is -2.16. The quantitative estimate of drug-likeness (QED) is 0.533. The van der Waals surface area contributed by atoms with Gasteiger partial charge in [-0.05, 0) is 39.3 Å². The minimum atomic E-state index is 0.112. The molecule has 0 bridgehead atoms. The molecule has 1 heterocycles. The third kappa shape index (κ3) is 3.67. The summed E-state index contributed by atoms with van der Waals surface area (Å²) >= 11 is 0. The van der Waals surface area contributed by atoms with Crippen LogP contribution in [0, 0.1) is 18.3 Å². The van der Waals surface area contributed by atoms with E-state index in [9.17, 15) is 0 Å². The second-order valence-electron chi connectivity index (χ2n) is 5.10. The number of likely N-dealkylation sites (N-methyl/N-ethyl adjacent to an activating group) is 1. The van der Waals surface area contributed by atoms with Crippen molar-refractivity contribution >= 4 is 0 Å². The van der Waals surface area contributed by atoms with Crippen LogP contribution >= 0.6 is 0 Å². The third-order valence-electron chi connectivity index (χ3n) is 3.39. The van der Waals surface area contributed by atoms with Gasteiger partial charge in [-0.15, -0.1) is 6.42 Å². The van der Waals surface area contributed by atoms with Crippen molar-refractivity contribution in [3.05, 3.63) is 64.7 Å². The standard InChI is InChI=1S/C19H23N/c1-8-14(3)12-16(5)18-10-11-20(7)17(6)19(18)13-15(4)9-2/h1,9,11-14H,6H2,2-5,7H3/b15-9-,16-12+,19-13+. The molecule has 1 unspecified atom stereocenters. The Morgan fingerprint density at radius 3 is 2.70 bits per heavy atom. The summed E-state index contributed by atoms with van der Waals surface area (Å²) in [5, 5.41) is 0. The summed E-state index contributed by atoms with van der Waals surface area (Å²) in [6.07, 6.45) is 13.7. The van der Waals surface area contributed by atoms with E-state index in [0.717, 1.165) is 22.4 Å². The molecule has 1 rings (SSSR count). The summed E-state index contributed by atoms with van der Waals surface area (Å²) in [6.45, 7) is 12.4. The van der Waals surface area contributed by atoms with Crippen molar-refractivity contribution in [2.45, 2.75) is 27.7 Å². The molecule has 1 nitrogen and oxygen atoms in total. The first-order valence-corrected chi connectivity index (χ1v) is 6.79. The molecule has 0 aromatic carbocycles. The molecule has 20 heavy (non-hydrogen) atoms. The monoisotopic (exact) mass is 265 g/mol. The Labute approximate surface area is 123 Å². The summed E-state index contributed by atoms with van der Waals surface area (Å²) in [5.41, 5.74) is 8.81. The molecule has 1 aliphatic rings. The molecule has 0 aromatic rings. The fraction of sp³-hybridized carbons (Fsp3) is 0.316. The Kier molecular flexibility index (Phi) is 5.44. The number of allylic oxidation sites excluding steroid dienone is 6. The van der Waals surface area contributed by atoms with E-state index in [4.69, 9.17) is 6.42 Å². The molecule has 0 aromatic heterocycles. The highest BCUT2D eigenvalue weighted by atomic mass is 15.1. The second-order valence-corrected chi connectivity index (χ2v) is 5.10. The predicted octanol–water partition coefficient (Wildman–Crippen LogP) is 4.59. The summed E-state index contributed by atoms with van der Waals surface area (Å²) < 4.78 is 0. The predicted molar refractivity (Wildman–Crippen MR) is 87.8 cm³/mol. The van der Waals surface area contributed by atoms with Crippen molar-refractivity contribution in [3.8, 4) is 12.3 Å². The maximum Gasteiger partial charge on any atom is 0.0472 e. The van der Waals surface area contributed by atoms with Gasteiger partial charge in [0.25, 0.3) is 0 Å². The lowest BCUT2D eigenvalue weighted by atomic mass is 9.92. The van der Waals surface area contributed by atoms with Gasteiger partial charge in [0.2, 0.25) is 0 Å². The highest BCUT2D eigenvalue weighted by Crippen LogP contribution is 2.30. The van der Waals surface area contributed by atoms with Crippen molar-refractivity contribution < 1.29 is 0 Å². The second kappa shape index (κ2) is 6.85. The lowest BCUT2D eigenvalue weighted by Crippen LogP contribution is -2.15. The van der Waals surface area contributed by atoms with Gasteiger partial charge in [0, 0.05) is 36.0 Å². The van der Waals surface area contributed by atoms with Crippen LogP contribution in [0.25, 0.3) is 0 Å². The van der Waals surface area contributed by atoms with Crippen LogP contribution < -0.4 is 0 Å². The molecule has 0 spiro atoms. The highest BCUT2D eigenvalue weighted by Gasteiger charge is 2.17. The molecule has 104 valence electrons. The van der Waals surface area contributed by atoms with Crippen molar-refractivity contribution in [2.24, 2.45) is 5.92 Å². The van der Waals surface area contributed by atoms with Gasteiger partial charge in [-0.2, -0.15) is 0 Å². The van der Waals surface area contributed by atoms with E-state index < -0.39 is 0 Å². The van der Waals surface area contributed by atoms with Gasteiger partial charge in [0.15, 0.2) is 0 Å². The van der Waals surface area contributed by atoms with Crippen LogP contribution in [0.15, 0.2) is 64.7 Å².